The van der Waals surface area contributed by atoms with E-state index in [1.807, 2.05) is 25.1 Å². The Morgan fingerprint density at radius 1 is 0.971 bits per heavy atom. The number of carbonyl (C=O) groups is 1. The van der Waals surface area contributed by atoms with Crippen LogP contribution in [0.3, 0.4) is 0 Å². The van der Waals surface area contributed by atoms with E-state index in [2.05, 4.69) is 15.0 Å². The summed E-state index contributed by atoms with van der Waals surface area (Å²) in [6, 6.07) is 16.2. The van der Waals surface area contributed by atoms with Crippen molar-refractivity contribution in [3.05, 3.63) is 84.4 Å². The Balaban J connectivity index is 1.33. The number of nitrogens with one attached hydrogen (secondary N) is 2. The first kappa shape index (κ1) is 24.0. The van der Waals surface area contributed by atoms with Gasteiger partial charge in [0.2, 0.25) is 15.9 Å². The highest BCUT2D eigenvalue weighted by molar-refractivity contribution is 7.89. The van der Waals surface area contributed by atoms with Crippen LogP contribution in [-0.2, 0) is 14.8 Å². The zero-order valence-corrected chi connectivity index (χ0v) is 19.8. The van der Waals surface area contributed by atoms with Crippen LogP contribution in [0, 0.1) is 11.7 Å². The van der Waals surface area contributed by atoms with Crippen LogP contribution in [0.4, 0.5) is 4.39 Å². The second-order valence-electron chi connectivity index (χ2n) is 8.72. The number of aromatic nitrogens is 1. The maximum Gasteiger partial charge on any atom is 0.240 e. The lowest BCUT2D eigenvalue weighted by Gasteiger charge is -2.29. The number of benzene rings is 2. The van der Waals surface area contributed by atoms with Crippen LogP contribution >= 0.6 is 0 Å². The summed E-state index contributed by atoms with van der Waals surface area (Å²) < 4.78 is 41.9. The Morgan fingerprint density at radius 3 is 2.32 bits per heavy atom. The van der Waals surface area contributed by atoms with E-state index in [1.165, 1.54) is 12.1 Å². The molecule has 1 saturated carbocycles. The second kappa shape index (κ2) is 10.4. The summed E-state index contributed by atoms with van der Waals surface area (Å²) >= 11 is 0. The molecular formula is C26H28FN3O3S. The van der Waals surface area contributed by atoms with Gasteiger partial charge in [0.1, 0.15) is 5.82 Å². The molecule has 0 saturated heterocycles. The summed E-state index contributed by atoms with van der Waals surface area (Å²) in [5, 5.41) is 2.99. The lowest BCUT2D eigenvalue weighted by atomic mass is 9.85. The molecule has 3 aromatic rings. The van der Waals surface area contributed by atoms with Crippen molar-refractivity contribution in [1.29, 1.82) is 0 Å². The summed E-state index contributed by atoms with van der Waals surface area (Å²) in [7, 11) is -3.68. The first-order valence-electron chi connectivity index (χ1n) is 11.4. The fourth-order valence-corrected chi connectivity index (χ4v) is 5.66. The van der Waals surface area contributed by atoms with Crippen LogP contribution in [0.15, 0.2) is 78.0 Å². The molecule has 1 aliphatic rings. The third kappa shape index (κ3) is 5.87. The number of sulfonamides is 1. The zero-order valence-electron chi connectivity index (χ0n) is 18.9. The lowest BCUT2D eigenvalue weighted by Crippen LogP contribution is -2.41. The van der Waals surface area contributed by atoms with E-state index in [1.54, 1.807) is 42.7 Å². The number of carbonyl (C=O) groups excluding carboxylic acids is 1. The third-order valence-electron chi connectivity index (χ3n) is 6.31. The van der Waals surface area contributed by atoms with Gasteiger partial charge in [0.05, 0.1) is 10.9 Å². The third-order valence-corrected chi connectivity index (χ3v) is 7.82. The number of halogens is 1. The predicted octanol–water partition coefficient (Wildman–Crippen LogP) is 4.60. The Morgan fingerprint density at radius 2 is 1.65 bits per heavy atom. The summed E-state index contributed by atoms with van der Waals surface area (Å²) in [6.45, 7) is 1.87. The SMILES string of the molecule is C[C@@H](NC(=O)[C@H]1CC[C@H](NS(=O)(=O)c2cccc(-c3ccncc3)c2)CC1)c1ccc(F)cc1. The van der Waals surface area contributed by atoms with Crippen molar-refractivity contribution in [3.63, 3.8) is 0 Å². The van der Waals surface area contributed by atoms with E-state index in [4.69, 9.17) is 0 Å². The number of pyridine rings is 1. The van der Waals surface area contributed by atoms with Crippen molar-refractivity contribution in [2.45, 2.75) is 49.6 Å². The molecule has 34 heavy (non-hydrogen) atoms. The van der Waals surface area contributed by atoms with Gasteiger partial charge in [-0.25, -0.2) is 17.5 Å². The van der Waals surface area contributed by atoms with E-state index >= 15 is 0 Å². The van der Waals surface area contributed by atoms with Crippen LogP contribution in [0.2, 0.25) is 0 Å². The molecule has 2 aromatic carbocycles. The van der Waals surface area contributed by atoms with Gasteiger partial charge in [-0.15, -0.1) is 0 Å². The fraction of sp³-hybridized carbons (Fsp3) is 0.308. The van der Waals surface area contributed by atoms with Crippen molar-refractivity contribution in [1.82, 2.24) is 15.0 Å². The number of rotatable bonds is 7. The Hall–Kier alpha value is -3.10. The van der Waals surface area contributed by atoms with E-state index in [0.29, 0.717) is 25.7 Å². The molecular weight excluding hydrogens is 453 g/mol. The van der Waals surface area contributed by atoms with Crippen molar-refractivity contribution < 1.29 is 17.6 Å². The monoisotopic (exact) mass is 481 g/mol. The summed E-state index contributed by atoms with van der Waals surface area (Å²) in [4.78, 5) is 16.9. The second-order valence-corrected chi connectivity index (χ2v) is 10.4. The topological polar surface area (TPSA) is 88.2 Å². The predicted molar refractivity (Wildman–Crippen MR) is 129 cm³/mol. The summed E-state index contributed by atoms with van der Waals surface area (Å²) in [5.74, 6) is -0.533. The Bertz CT molecular complexity index is 1230. The molecule has 1 aliphatic carbocycles. The average Bonchev–Trinajstić information content (AvgIpc) is 2.85. The minimum atomic E-state index is -3.68. The fourth-order valence-electron chi connectivity index (χ4n) is 4.31. The van der Waals surface area contributed by atoms with E-state index in [9.17, 15) is 17.6 Å². The van der Waals surface area contributed by atoms with Crippen molar-refractivity contribution in [3.8, 4) is 11.1 Å². The van der Waals surface area contributed by atoms with Crippen LogP contribution in [-0.4, -0.2) is 25.4 Å². The molecule has 1 atom stereocenters. The van der Waals surface area contributed by atoms with Gasteiger partial charge in [0.15, 0.2) is 0 Å². The molecule has 2 N–H and O–H groups in total. The van der Waals surface area contributed by atoms with Crippen LogP contribution in [0.5, 0.6) is 0 Å². The first-order valence-corrected chi connectivity index (χ1v) is 12.9. The Labute approximate surface area is 199 Å². The van der Waals surface area contributed by atoms with Gasteiger partial charge in [0.25, 0.3) is 0 Å². The highest BCUT2D eigenvalue weighted by Gasteiger charge is 2.30. The van der Waals surface area contributed by atoms with E-state index in [-0.39, 0.29) is 34.6 Å². The standard InChI is InChI=1S/C26H28FN3O3S/c1-18(19-5-9-23(27)10-6-19)29-26(31)21-7-11-24(12-8-21)30-34(32,33)25-4-2-3-22(17-25)20-13-15-28-16-14-20/h2-6,9-10,13-18,21,24,30H,7-8,11-12H2,1H3,(H,29,31)/t18-,21-,24-/m1/s1. The van der Waals surface area contributed by atoms with Gasteiger partial charge in [-0.2, -0.15) is 0 Å². The lowest BCUT2D eigenvalue weighted by molar-refractivity contribution is -0.126. The van der Waals surface area contributed by atoms with Crippen LogP contribution < -0.4 is 10.0 Å². The molecule has 1 fully saturated rings. The highest BCUT2D eigenvalue weighted by Crippen LogP contribution is 2.28. The summed E-state index contributed by atoms with van der Waals surface area (Å²) in [5.41, 5.74) is 2.54. The van der Waals surface area contributed by atoms with E-state index < -0.39 is 10.0 Å². The largest absolute Gasteiger partial charge is 0.349 e. The van der Waals surface area contributed by atoms with Gasteiger partial charge in [-0.05, 0) is 85.7 Å². The zero-order chi connectivity index (χ0) is 24.1. The summed E-state index contributed by atoms with van der Waals surface area (Å²) in [6.07, 6.45) is 5.73. The molecule has 8 heteroatoms. The van der Waals surface area contributed by atoms with Crippen LogP contribution in [0.25, 0.3) is 11.1 Å². The quantitative estimate of drug-likeness (QED) is 0.516. The van der Waals surface area contributed by atoms with Gasteiger partial charge < -0.3 is 5.32 Å². The molecule has 0 unspecified atom stereocenters. The average molecular weight is 482 g/mol. The highest BCUT2D eigenvalue weighted by atomic mass is 32.2. The first-order chi connectivity index (χ1) is 16.3. The van der Waals surface area contributed by atoms with Gasteiger partial charge >= 0.3 is 0 Å². The minimum Gasteiger partial charge on any atom is -0.349 e. The van der Waals surface area contributed by atoms with Crippen LogP contribution in [0.1, 0.15) is 44.2 Å². The number of hydrogen-bond acceptors (Lipinski definition) is 4. The normalized spacial score (nSPS) is 19.4. The minimum absolute atomic E-state index is 0.0526. The molecule has 6 nitrogen and oxygen atoms in total. The maximum absolute atomic E-state index is 13.1. The van der Waals surface area contributed by atoms with Crippen molar-refractivity contribution in [2.24, 2.45) is 5.92 Å². The van der Waals surface area contributed by atoms with Gasteiger partial charge in [-0.3, -0.25) is 9.78 Å². The molecule has 4 rings (SSSR count). The molecule has 0 aliphatic heterocycles. The number of hydrogen-bond donors (Lipinski definition) is 2. The van der Waals surface area contributed by atoms with E-state index in [0.717, 1.165) is 16.7 Å². The molecule has 1 aromatic heterocycles. The van der Waals surface area contributed by atoms with Crippen molar-refractivity contribution >= 4 is 15.9 Å². The molecule has 1 heterocycles. The number of amides is 1. The van der Waals surface area contributed by atoms with Gasteiger partial charge in [0, 0.05) is 24.4 Å². The molecule has 0 spiro atoms. The van der Waals surface area contributed by atoms with Crippen molar-refractivity contribution in [2.75, 3.05) is 0 Å². The molecule has 0 radical (unpaired) electrons. The molecule has 178 valence electrons. The molecule has 1 amide bonds. The number of nitrogens with zero attached hydrogens (tertiary/aromatic N) is 1. The maximum atomic E-state index is 13.1. The smallest absolute Gasteiger partial charge is 0.240 e. The Kier molecular flexibility index (Phi) is 7.38. The van der Waals surface area contributed by atoms with Gasteiger partial charge in [-0.1, -0.05) is 24.3 Å². The molecule has 0 bridgehead atoms.